The number of alkyl halides is 3. The van der Waals surface area contributed by atoms with Gasteiger partial charge in [-0.05, 0) is 30.3 Å². The van der Waals surface area contributed by atoms with Crippen molar-refractivity contribution in [2.75, 3.05) is 5.32 Å². The molecule has 2 aromatic carbocycles. The maximum atomic E-state index is 12.6. The predicted molar refractivity (Wildman–Crippen MR) is 95.4 cm³/mol. The highest BCUT2D eigenvalue weighted by Crippen LogP contribution is 2.31. The van der Waals surface area contributed by atoms with E-state index in [1.165, 1.54) is 30.7 Å². The van der Waals surface area contributed by atoms with Crippen LogP contribution in [0.1, 0.15) is 50.0 Å². The Hall–Kier alpha value is -2.50. The van der Waals surface area contributed by atoms with E-state index in [0.29, 0.717) is 0 Å². The van der Waals surface area contributed by atoms with Gasteiger partial charge < -0.3 is 10.4 Å². The van der Waals surface area contributed by atoms with Crippen molar-refractivity contribution in [3.8, 4) is 0 Å². The van der Waals surface area contributed by atoms with E-state index in [-0.39, 0.29) is 16.9 Å². The summed E-state index contributed by atoms with van der Waals surface area (Å²) in [4.78, 5) is 11.0. The van der Waals surface area contributed by atoms with Gasteiger partial charge in [-0.15, -0.1) is 0 Å². The number of hydrogen-bond donors (Lipinski definition) is 2. The molecule has 0 heterocycles. The van der Waals surface area contributed by atoms with E-state index in [1.807, 2.05) is 13.8 Å². The van der Waals surface area contributed by atoms with Crippen LogP contribution in [0.25, 0.3) is 0 Å². The third-order valence-corrected chi connectivity index (χ3v) is 2.63. The van der Waals surface area contributed by atoms with Crippen LogP contribution in [0.5, 0.6) is 0 Å². The summed E-state index contributed by atoms with van der Waals surface area (Å²) < 4.78 is 37.8. The third kappa shape index (κ3) is 7.74. The second kappa shape index (κ2) is 11.1. The van der Waals surface area contributed by atoms with Crippen molar-refractivity contribution in [2.45, 2.75) is 40.3 Å². The van der Waals surface area contributed by atoms with E-state index in [1.54, 1.807) is 12.1 Å². The Morgan fingerprint density at radius 1 is 1.04 bits per heavy atom. The third-order valence-electron chi connectivity index (χ3n) is 2.63. The molecule has 0 bridgehead atoms. The summed E-state index contributed by atoms with van der Waals surface area (Å²) in [6.07, 6.45) is -3.19. The first-order valence-electron chi connectivity index (χ1n) is 8.06. The molecule has 0 amide bonds. The van der Waals surface area contributed by atoms with Crippen LogP contribution < -0.4 is 5.32 Å². The zero-order chi connectivity index (χ0) is 19.5. The molecule has 25 heavy (non-hydrogen) atoms. The maximum Gasteiger partial charge on any atom is 0.416 e. The molecule has 0 saturated carbocycles. The minimum absolute atomic E-state index is 0.00934. The SMILES string of the molecule is CC.CCC.O=C(O)c1ccccc1Nc1cccc(C(F)(F)F)c1. The van der Waals surface area contributed by atoms with Gasteiger partial charge in [-0.3, -0.25) is 0 Å². The summed E-state index contributed by atoms with van der Waals surface area (Å²) in [6, 6.07) is 10.6. The topological polar surface area (TPSA) is 49.3 Å². The molecule has 0 atom stereocenters. The molecule has 138 valence electrons. The molecule has 2 aromatic rings. The Morgan fingerprint density at radius 2 is 1.60 bits per heavy atom. The number of para-hydroxylation sites is 1. The van der Waals surface area contributed by atoms with Gasteiger partial charge in [-0.25, -0.2) is 4.79 Å². The zero-order valence-corrected chi connectivity index (χ0v) is 14.8. The lowest BCUT2D eigenvalue weighted by atomic mass is 10.1. The summed E-state index contributed by atoms with van der Waals surface area (Å²) in [7, 11) is 0. The van der Waals surface area contributed by atoms with Crippen LogP contribution in [0.15, 0.2) is 48.5 Å². The van der Waals surface area contributed by atoms with Gasteiger partial charge in [0.2, 0.25) is 0 Å². The zero-order valence-electron chi connectivity index (χ0n) is 14.8. The first-order valence-corrected chi connectivity index (χ1v) is 8.06. The molecule has 0 fully saturated rings. The van der Waals surface area contributed by atoms with E-state index in [2.05, 4.69) is 19.2 Å². The van der Waals surface area contributed by atoms with Crippen molar-refractivity contribution in [3.05, 3.63) is 59.7 Å². The Balaban J connectivity index is 0.00000104. The number of carbonyl (C=O) groups is 1. The van der Waals surface area contributed by atoms with E-state index in [0.717, 1.165) is 12.1 Å². The molecular weight excluding hydrogens is 331 g/mol. The first-order chi connectivity index (χ1) is 11.8. The minimum atomic E-state index is -4.44. The number of carboxylic acids is 1. The van der Waals surface area contributed by atoms with Gasteiger partial charge in [-0.2, -0.15) is 13.2 Å². The molecule has 3 nitrogen and oxygen atoms in total. The highest BCUT2D eigenvalue weighted by Gasteiger charge is 2.30. The Bertz CT molecular complexity index is 655. The molecule has 0 aliphatic rings. The maximum absolute atomic E-state index is 12.6. The summed E-state index contributed by atoms with van der Waals surface area (Å²) >= 11 is 0. The summed E-state index contributed by atoms with van der Waals surface area (Å²) in [6.45, 7) is 8.25. The quantitative estimate of drug-likeness (QED) is 0.653. The summed E-state index contributed by atoms with van der Waals surface area (Å²) in [5.41, 5.74) is -0.395. The predicted octanol–water partition coefficient (Wildman–Crippen LogP) is 6.59. The Labute approximate surface area is 146 Å². The van der Waals surface area contributed by atoms with Crippen molar-refractivity contribution < 1.29 is 23.1 Å². The van der Waals surface area contributed by atoms with E-state index in [9.17, 15) is 18.0 Å². The van der Waals surface area contributed by atoms with Gasteiger partial charge >= 0.3 is 12.1 Å². The lowest BCUT2D eigenvalue weighted by Crippen LogP contribution is -2.06. The lowest BCUT2D eigenvalue weighted by Gasteiger charge is -2.12. The van der Waals surface area contributed by atoms with Crippen molar-refractivity contribution in [3.63, 3.8) is 0 Å². The number of nitrogens with one attached hydrogen (secondary N) is 1. The van der Waals surface area contributed by atoms with Gasteiger partial charge in [0.1, 0.15) is 0 Å². The van der Waals surface area contributed by atoms with Crippen molar-refractivity contribution in [1.29, 1.82) is 0 Å². The van der Waals surface area contributed by atoms with Crippen LogP contribution in [-0.2, 0) is 6.18 Å². The number of benzene rings is 2. The van der Waals surface area contributed by atoms with Crippen LogP contribution in [0.3, 0.4) is 0 Å². The van der Waals surface area contributed by atoms with Gasteiger partial charge in [0, 0.05) is 5.69 Å². The fourth-order valence-corrected chi connectivity index (χ4v) is 1.71. The standard InChI is InChI=1S/C14H10F3NO2.C3H8.C2H6/c15-14(16,17)9-4-3-5-10(8-9)18-12-7-2-1-6-11(12)13(19)20;1-3-2;1-2/h1-8,18H,(H,19,20);3H2,1-2H3;1-2H3. The van der Waals surface area contributed by atoms with Crippen molar-refractivity contribution >= 4 is 17.3 Å². The number of carboxylic acid groups (broad SMARTS) is 1. The minimum Gasteiger partial charge on any atom is -0.478 e. The molecule has 0 aliphatic heterocycles. The average molecular weight is 355 g/mol. The summed E-state index contributed by atoms with van der Waals surface area (Å²) in [5, 5.41) is 11.7. The fourth-order valence-electron chi connectivity index (χ4n) is 1.71. The largest absolute Gasteiger partial charge is 0.478 e. The van der Waals surface area contributed by atoms with Crippen LogP contribution in [0.4, 0.5) is 24.5 Å². The van der Waals surface area contributed by atoms with Gasteiger partial charge in [-0.1, -0.05) is 52.3 Å². The van der Waals surface area contributed by atoms with Crippen LogP contribution in [-0.4, -0.2) is 11.1 Å². The van der Waals surface area contributed by atoms with Crippen LogP contribution >= 0.6 is 0 Å². The fraction of sp³-hybridized carbons (Fsp3) is 0.316. The van der Waals surface area contributed by atoms with Crippen molar-refractivity contribution in [2.24, 2.45) is 0 Å². The van der Waals surface area contributed by atoms with Gasteiger partial charge in [0.05, 0.1) is 16.8 Å². The monoisotopic (exact) mass is 355 g/mol. The normalized spacial score (nSPS) is 9.88. The number of hydrogen-bond acceptors (Lipinski definition) is 2. The highest BCUT2D eigenvalue weighted by molar-refractivity contribution is 5.95. The van der Waals surface area contributed by atoms with Crippen LogP contribution in [0.2, 0.25) is 0 Å². The number of rotatable bonds is 3. The molecule has 2 N–H and O–H groups in total. The number of aromatic carboxylic acids is 1. The number of halogens is 3. The molecule has 0 aliphatic carbocycles. The molecule has 0 saturated heterocycles. The first kappa shape index (κ1) is 22.5. The van der Waals surface area contributed by atoms with Gasteiger partial charge in [0.15, 0.2) is 0 Å². The Morgan fingerprint density at radius 3 is 2.12 bits per heavy atom. The Kier molecular flexibility index (Phi) is 10.0. The van der Waals surface area contributed by atoms with Crippen LogP contribution in [0, 0.1) is 0 Å². The molecule has 2 rings (SSSR count). The average Bonchev–Trinajstić information content (AvgIpc) is 2.57. The van der Waals surface area contributed by atoms with E-state index >= 15 is 0 Å². The summed E-state index contributed by atoms with van der Waals surface area (Å²) in [5.74, 6) is -1.15. The highest BCUT2D eigenvalue weighted by atomic mass is 19.4. The molecular formula is C19H24F3NO2. The molecule has 0 aromatic heterocycles. The number of anilines is 2. The second-order valence-electron chi connectivity index (χ2n) is 4.76. The van der Waals surface area contributed by atoms with E-state index < -0.39 is 17.7 Å². The van der Waals surface area contributed by atoms with Crippen molar-refractivity contribution in [1.82, 2.24) is 0 Å². The molecule has 6 heteroatoms. The second-order valence-corrected chi connectivity index (χ2v) is 4.76. The van der Waals surface area contributed by atoms with E-state index in [4.69, 9.17) is 5.11 Å². The molecule has 0 spiro atoms. The lowest BCUT2D eigenvalue weighted by molar-refractivity contribution is -0.137. The molecule has 0 radical (unpaired) electrons. The molecule has 0 unspecified atom stereocenters. The van der Waals surface area contributed by atoms with Gasteiger partial charge in [0.25, 0.3) is 0 Å². The smallest absolute Gasteiger partial charge is 0.416 e.